The number of hydrogen-bond donors (Lipinski definition) is 0. The maximum absolute atomic E-state index is 6.33. The molecule has 0 aromatic heterocycles. The van der Waals surface area contributed by atoms with E-state index < -0.39 is 0 Å². The predicted octanol–water partition coefficient (Wildman–Crippen LogP) is 4.38. The number of ether oxygens (including phenoxy) is 1. The van der Waals surface area contributed by atoms with Gasteiger partial charge in [-0.3, -0.25) is 0 Å². The average Bonchev–Trinajstić information content (AvgIpc) is 2.30. The van der Waals surface area contributed by atoms with E-state index in [-0.39, 0.29) is 5.41 Å². The van der Waals surface area contributed by atoms with E-state index in [2.05, 4.69) is 20.8 Å². The van der Waals surface area contributed by atoms with E-state index in [0.29, 0.717) is 17.6 Å². The van der Waals surface area contributed by atoms with Gasteiger partial charge >= 0.3 is 0 Å². The highest BCUT2D eigenvalue weighted by Gasteiger charge is 2.51. The van der Waals surface area contributed by atoms with Gasteiger partial charge in [-0.2, -0.15) is 0 Å². The summed E-state index contributed by atoms with van der Waals surface area (Å²) in [5.74, 6) is 0.740. The second-order valence-corrected chi connectivity index (χ2v) is 6.51. The number of hydrogen-bond acceptors (Lipinski definition) is 1. The minimum atomic E-state index is 0.221. The molecule has 1 nitrogen and oxygen atoms in total. The van der Waals surface area contributed by atoms with Crippen molar-refractivity contribution < 1.29 is 4.74 Å². The minimum Gasteiger partial charge on any atom is -0.374 e. The lowest BCUT2D eigenvalue weighted by atomic mass is 9.65. The van der Waals surface area contributed by atoms with Gasteiger partial charge in [0.2, 0.25) is 0 Å². The molecule has 2 aliphatic carbocycles. The summed E-state index contributed by atoms with van der Waals surface area (Å²) in [5, 5.41) is 0.321. The van der Waals surface area contributed by atoms with Gasteiger partial charge in [0.25, 0.3) is 0 Å². The maximum atomic E-state index is 6.33. The summed E-state index contributed by atoms with van der Waals surface area (Å²) in [7, 11) is 0. The lowest BCUT2D eigenvalue weighted by Crippen LogP contribution is -2.55. The third-order valence-corrected chi connectivity index (χ3v) is 5.68. The normalized spacial score (nSPS) is 48.8. The molecule has 0 N–H and O–H groups in total. The van der Waals surface area contributed by atoms with Gasteiger partial charge in [-0.15, -0.1) is 11.6 Å². The summed E-state index contributed by atoms with van der Waals surface area (Å²) >= 11 is 6.33. The zero-order valence-corrected chi connectivity index (χ0v) is 11.6. The highest BCUT2D eigenvalue weighted by atomic mass is 35.5. The second-order valence-electron chi connectivity index (χ2n) is 5.99. The van der Waals surface area contributed by atoms with E-state index in [1.54, 1.807) is 0 Å². The van der Waals surface area contributed by atoms with Crippen molar-refractivity contribution in [2.45, 2.75) is 76.9 Å². The number of alkyl halides is 1. The van der Waals surface area contributed by atoms with Gasteiger partial charge in [-0.05, 0) is 31.6 Å². The van der Waals surface area contributed by atoms with Crippen LogP contribution in [-0.4, -0.2) is 17.6 Å². The Balaban J connectivity index is 1.90. The molecule has 2 fully saturated rings. The molecule has 0 aromatic rings. The van der Waals surface area contributed by atoms with E-state index >= 15 is 0 Å². The molecule has 2 saturated carbocycles. The first-order valence-corrected chi connectivity index (χ1v) is 7.31. The summed E-state index contributed by atoms with van der Waals surface area (Å²) in [6.45, 7) is 6.85. The van der Waals surface area contributed by atoms with Gasteiger partial charge in [0.05, 0.1) is 12.2 Å². The van der Waals surface area contributed by atoms with E-state index in [1.165, 1.54) is 25.7 Å². The van der Waals surface area contributed by atoms with E-state index in [0.717, 1.165) is 18.8 Å². The Bertz CT molecular complexity index is 243. The van der Waals surface area contributed by atoms with Crippen LogP contribution in [0, 0.1) is 11.3 Å². The van der Waals surface area contributed by atoms with Crippen LogP contribution in [0.3, 0.4) is 0 Å². The van der Waals surface area contributed by atoms with Crippen LogP contribution in [0.15, 0.2) is 0 Å². The topological polar surface area (TPSA) is 9.23 Å². The Morgan fingerprint density at radius 3 is 2.56 bits per heavy atom. The zero-order valence-electron chi connectivity index (χ0n) is 10.8. The summed E-state index contributed by atoms with van der Waals surface area (Å²) in [6.07, 6.45) is 8.40. The summed E-state index contributed by atoms with van der Waals surface area (Å²) in [5.41, 5.74) is 0.221. The molecule has 94 valence electrons. The van der Waals surface area contributed by atoms with E-state index in [1.807, 2.05) is 0 Å². The third-order valence-electron chi connectivity index (χ3n) is 5.01. The van der Waals surface area contributed by atoms with Crippen molar-refractivity contribution in [3.63, 3.8) is 0 Å². The van der Waals surface area contributed by atoms with Crippen LogP contribution >= 0.6 is 11.6 Å². The van der Waals surface area contributed by atoms with Crippen molar-refractivity contribution >= 4 is 11.6 Å². The summed E-state index contributed by atoms with van der Waals surface area (Å²) in [6, 6.07) is 0. The molecule has 0 aromatic carbocycles. The fourth-order valence-electron chi connectivity index (χ4n) is 3.12. The van der Waals surface area contributed by atoms with Crippen molar-refractivity contribution in [2.75, 3.05) is 0 Å². The van der Waals surface area contributed by atoms with E-state index in [9.17, 15) is 0 Å². The molecule has 0 heterocycles. The fraction of sp³-hybridized carbons (Fsp3) is 1.00. The smallest absolute Gasteiger partial charge is 0.0660 e. The molecule has 0 saturated heterocycles. The average molecular weight is 245 g/mol. The maximum Gasteiger partial charge on any atom is 0.0660 e. The van der Waals surface area contributed by atoms with Crippen LogP contribution in [0.1, 0.15) is 59.3 Å². The highest BCUT2D eigenvalue weighted by molar-refractivity contribution is 6.21. The van der Waals surface area contributed by atoms with Crippen molar-refractivity contribution in [2.24, 2.45) is 11.3 Å². The van der Waals surface area contributed by atoms with Crippen LogP contribution in [0.5, 0.6) is 0 Å². The largest absolute Gasteiger partial charge is 0.374 e. The number of halogens is 1. The van der Waals surface area contributed by atoms with Crippen LogP contribution in [0.4, 0.5) is 0 Å². The number of rotatable bonds is 3. The van der Waals surface area contributed by atoms with Gasteiger partial charge in [-0.25, -0.2) is 0 Å². The van der Waals surface area contributed by atoms with Crippen molar-refractivity contribution in [3.05, 3.63) is 0 Å². The monoisotopic (exact) mass is 244 g/mol. The predicted molar refractivity (Wildman–Crippen MR) is 68.9 cm³/mol. The minimum absolute atomic E-state index is 0.221. The highest BCUT2D eigenvalue weighted by Crippen LogP contribution is 2.50. The van der Waals surface area contributed by atoms with Gasteiger partial charge < -0.3 is 4.74 Å². The molecule has 2 heteroatoms. The van der Waals surface area contributed by atoms with Crippen LogP contribution in [-0.2, 0) is 4.74 Å². The van der Waals surface area contributed by atoms with E-state index in [4.69, 9.17) is 16.3 Å². The fourth-order valence-corrected chi connectivity index (χ4v) is 3.58. The molecule has 0 radical (unpaired) electrons. The molecular weight excluding hydrogens is 220 g/mol. The summed E-state index contributed by atoms with van der Waals surface area (Å²) in [4.78, 5) is 0. The molecule has 2 rings (SSSR count). The van der Waals surface area contributed by atoms with Crippen LogP contribution in [0.25, 0.3) is 0 Å². The zero-order chi connectivity index (χ0) is 11.8. The van der Waals surface area contributed by atoms with Gasteiger partial charge in [0, 0.05) is 10.8 Å². The molecule has 16 heavy (non-hydrogen) atoms. The Morgan fingerprint density at radius 1 is 1.31 bits per heavy atom. The Kier molecular flexibility index (Phi) is 3.86. The quantitative estimate of drug-likeness (QED) is 0.670. The van der Waals surface area contributed by atoms with Crippen molar-refractivity contribution in [1.82, 2.24) is 0 Å². The third kappa shape index (κ3) is 2.13. The second kappa shape index (κ2) is 4.86. The Labute approximate surface area is 105 Å². The lowest BCUT2D eigenvalue weighted by molar-refractivity contribution is -0.153. The SMILES string of the molecule is CCC1(C)C(Cl)CC1OC1CCCCC1C. The molecule has 5 atom stereocenters. The van der Waals surface area contributed by atoms with Gasteiger partial charge in [0.1, 0.15) is 0 Å². The Hall–Kier alpha value is 0.250. The van der Waals surface area contributed by atoms with Crippen molar-refractivity contribution in [1.29, 1.82) is 0 Å². The first-order chi connectivity index (χ1) is 7.58. The summed E-state index contributed by atoms with van der Waals surface area (Å²) < 4.78 is 6.33. The van der Waals surface area contributed by atoms with Crippen molar-refractivity contribution in [3.8, 4) is 0 Å². The standard InChI is InChI=1S/C14H25ClO/c1-4-14(3)12(15)9-13(14)16-11-8-6-5-7-10(11)2/h10-13H,4-9H2,1-3H3. The molecular formula is C14H25ClO. The van der Waals surface area contributed by atoms with Crippen LogP contribution < -0.4 is 0 Å². The Morgan fingerprint density at radius 2 is 2.00 bits per heavy atom. The molecule has 0 amide bonds. The lowest BCUT2D eigenvalue weighted by Gasteiger charge is -2.52. The van der Waals surface area contributed by atoms with Crippen LogP contribution in [0.2, 0.25) is 0 Å². The van der Waals surface area contributed by atoms with Gasteiger partial charge in [-0.1, -0.05) is 33.6 Å². The van der Waals surface area contributed by atoms with Gasteiger partial charge in [0.15, 0.2) is 0 Å². The molecule has 5 unspecified atom stereocenters. The molecule has 0 aliphatic heterocycles. The molecule has 0 spiro atoms. The molecule has 2 aliphatic rings. The first kappa shape index (κ1) is 12.7. The molecule has 0 bridgehead atoms. The first-order valence-electron chi connectivity index (χ1n) is 6.87.